The van der Waals surface area contributed by atoms with Gasteiger partial charge in [0.15, 0.2) is 0 Å². The van der Waals surface area contributed by atoms with Gasteiger partial charge < -0.3 is 5.32 Å². The molecule has 7 heteroatoms. The minimum absolute atomic E-state index is 0.0208. The number of nitro benzene ring substituents is 1. The standard InChI is InChI=1S/C14H12ClN3O3/c1-2-9-3-4-10(7-13(9)18(20)21)17-14(19)11-8-16-6-5-12(11)15/h3-8H,2H2,1H3,(H,17,19). The summed E-state index contributed by atoms with van der Waals surface area (Å²) in [5.41, 5.74) is 1.13. The summed E-state index contributed by atoms with van der Waals surface area (Å²) in [6, 6.07) is 6.08. The smallest absolute Gasteiger partial charge is 0.274 e. The van der Waals surface area contributed by atoms with Crippen molar-refractivity contribution < 1.29 is 9.72 Å². The van der Waals surface area contributed by atoms with Crippen molar-refractivity contribution in [3.63, 3.8) is 0 Å². The first kappa shape index (κ1) is 14.9. The van der Waals surface area contributed by atoms with Crippen LogP contribution in [-0.4, -0.2) is 15.8 Å². The summed E-state index contributed by atoms with van der Waals surface area (Å²) in [5, 5.41) is 13.8. The van der Waals surface area contributed by atoms with Gasteiger partial charge in [-0.15, -0.1) is 0 Å². The molecule has 0 fully saturated rings. The largest absolute Gasteiger partial charge is 0.322 e. The van der Waals surface area contributed by atoms with Crippen molar-refractivity contribution in [1.82, 2.24) is 4.98 Å². The molecular weight excluding hydrogens is 294 g/mol. The number of carbonyl (C=O) groups is 1. The SMILES string of the molecule is CCc1ccc(NC(=O)c2cnccc2Cl)cc1[N+](=O)[O-]. The molecule has 0 aliphatic heterocycles. The van der Waals surface area contributed by atoms with E-state index >= 15 is 0 Å². The van der Waals surface area contributed by atoms with E-state index in [0.29, 0.717) is 17.7 Å². The van der Waals surface area contributed by atoms with Gasteiger partial charge in [0.2, 0.25) is 0 Å². The Morgan fingerprint density at radius 1 is 1.43 bits per heavy atom. The molecule has 0 spiro atoms. The van der Waals surface area contributed by atoms with Crippen molar-refractivity contribution in [2.75, 3.05) is 5.32 Å². The van der Waals surface area contributed by atoms with Crippen LogP contribution in [0.15, 0.2) is 36.7 Å². The van der Waals surface area contributed by atoms with Crippen LogP contribution in [0.3, 0.4) is 0 Å². The Hall–Kier alpha value is -2.47. The zero-order chi connectivity index (χ0) is 15.4. The maximum Gasteiger partial charge on any atom is 0.274 e. The van der Waals surface area contributed by atoms with Crippen LogP contribution >= 0.6 is 11.6 Å². The highest BCUT2D eigenvalue weighted by atomic mass is 35.5. The van der Waals surface area contributed by atoms with Crippen LogP contribution in [0, 0.1) is 10.1 Å². The van der Waals surface area contributed by atoms with Gasteiger partial charge in [-0.25, -0.2) is 0 Å². The number of carbonyl (C=O) groups excluding carboxylic acids is 1. The van der Waals surface area contributed by atoms with Gasteiger partial charge in [-0.1, -0.05) is 24.6 Å². The Labute approximate surface area is 125 Å². The third kappa shape index (κ3) is 3.35. The van der Waals surface area contributed by atoms with Crippen molar-refractivity contribution in [2.45, 2.75) is 13.3 Å². The number of rotatable bonds is 4. The van der Waals surface area contributed by atoms with Crippen molar-refractivity contribution in [2.24, 2.45) is 0 Å². The molecule has 6 nitrogen and oxygen atoms in total. The molecule has 0 radical (unpaired) electrons. The number of nitrogens with one attached hydrogen (secondary N) is 1. The molecule has 1 heterocycles. The maximum absolute atomic E-state index is 12.1. The van der Waals surface area contributed by atoms with Gasteiger partial charge in [-0.05, 0) is 18.6 Å². The second kappa shape index (κ2) is 6.32. The number of hydrogen-bond acceptors (Lipinski definition) is 4. The average Bonchev–Trinajstić information content (AvgIpc) is 2.47. The number of halogens is 1. The minimum atomic E-state index is -0.467. The lowest BCUT2D eigenvalue weighted by Gasteiger charge is -2.07. The molecule has 0 saturated heterocycles. The molecule has 108 valence electrons. The summed E-state index contributed by atoms with van der Waals surface area (Å²) in [6.45, 7) is 1.83. The number of aryl methyl sites for hydroxylation is 1. The van der Waals surface area contributed by atoms with Crippen molar-refractivity contribution in [1.29, 1.82) is 0 Å². The predicted molar refractivity (Wildman–Crippen MR) is 79.7 cm³/mol. The number of aromatic nitrogens is 1. The van der Waals surface area contributed by atoms with E-state index in [1.807, 2.05) is 6.92 Å². The second-order valence-corrected chi connectivity index (χ2v) is 4.67. The Bertz CT molecular complexity index is 704. The Morgan fingerprint density at radius 2 is 2.19 bits per heavy atom. The highest BCUT2D eigenvalue weighted by Crippen LogP contribution is 2.24. The molecule has 0 unspecified atom stereocenters. The summed E-state index contributed by atoms with van der Waals surface area (Å²) >= 11 is 5.91. The van der Waals surface area contributed by atoms with Gasteiger partial charge in [0.05, 0.1) is 15.5 Å². The Kier molecular flexibility index (Phi) is 4.49. The monoisotopic (exact) mass is 305 g/mol. The molecule has 2 rings (SSSR count). The van der Waals surface area contributed by atoms with E-state index in [-0.39, 0.29) is 16.3 Å². The number of nitro groups is 1. The molecular formula is C14H12ClN3O3. The predicted octanol–water partition coefficient (Wildman–Crippen LogP) is 3.46. The van der Waals surface area contributed by atoms with Gasteiger partial charge in [-0.3, -0.25) is 19.9 Å². The third-order valence-corrected chi connectivity index (χ3v) is 3.26. The molecule has 0 aliphatic rings. The van der Waals surface area contributed by atoms with Crippen LogP contribution in [0.4, 0.5) is 11.4 Å². The van der Waals surface area contributed by atoms with E-state index in [1.54, 1.807) is 12.1 Å². The number of nitrogens with zero attached hydrogens (tertiary/aromatic N) is 2. The van der Waals surface area contributed by atoms with Crippen LogP contribution in [0.2, 0.25) is 5.02 Å². The fraction of sp³-hybridized carbons (Fsp3) is 0.143. The average molecular weight is 306 g/mol. The highest BCUT2D eigenvalue weighted by molar-refractivity contribution is 6.34. The first-order chi connectivity index (χ1) is 10.0. The van der Waals surface area contributed by atoms with Crippen LogP contribution in [0.25, 0.3) is 0 Å². The summed E-state index contributed by atoms with van der Waals surface area (Å²) in [7, 11) is 0. The fourth-order valence-corrected chi connectivity index (χ4v) is 2.04. The van der Waals surface area contributed by atoms with Crippen molar-refractivity contribution in [3.8, 4) is 0 Å². The molecule has 0 saturated carbocycles. The first-order valence-electron chi connectivity index (χ1n) is 6.21. The lowest BCUT2D eigenvalue weighted by atomic mass is 10.1. The molecule has 0 aliphatic carbocycles. The van der Waals surface area contributed by atoms with Crippen molar-refractivity contribution in [3.05, 3.63) is 62.9 Å². The normalized spacial score (nSPS) is 10.2. The summed E-state index contributed by atoms with van der Waals surface area (Å²) in [6.07, 6.45) is 3.35. The Balaban J connectivity index is 2.28. The lowest BCUT2D eigenvalue weighted by molar-refractivity contribution is -0.385. The van der Waals surface area contributed by atoms with E-state index in [2.05, 4.69) is 10.3 Å². The van der Waals surface area contributed by atoms with Gasteiger partial charge >= 0.3 is 0 Å². The van der Waals surface area contributed by atoms with E-state index in [0.717, 1.165) is 0 Å². The van der Waals surface area contributed by atoms with Gasteiger partial charge in [-0.2, -0.15) is 0 Å². The topological polar surface area (TPSA) is 85.1 Å². The lowest BCUT2D eigenvalue weighted by Crippen LogP contribution is -2.13. The Morgan fingerprint density at radius 3 is 2.81 bits per heavy atom. The second-order valence-electron chi connectivity index (χ2n) is 4.26. The van der Waals surface area contributed by atoms with E-state index in [9.17, 15) is 14.9 Å². The number of hydrogen-bond donors (Lipinski definition) is 1. The van der Waals surface area contributed by atoms with Gasteiger partial charge in [0.1, 0.15) is 0 Å². The fourth-order valence-electron chi connectivity index (χ4n) is 1.85. The van der Waals surface area contributed by atoms with Crippen LogP contribution < -0.4 is 5.32 Å². The molecule has 1 aromatic carbocycles. The number of benzene rings is 1. The number of anilines is 1. The molecule has 1 amide bonds. The molecule has 1 aromatic heterocycles. The number of pyridine rings is 1. The molecule has 0 bridgehead atoms. The molecule has 0 atom stereocenters. The minimum Gasteiger partial charge on any atom is -0.322 e. The molecule has 21 heavy (non-hydrogen) atoms. The molecule has 1 N–H and O–H groups in total. The van der Waals surface area contributed by atoms with Gasteiger partial charge in [0, 0.05) is 29.7 Å². The quantitative estimate of drug-likeness (QED) is 0.692. The molecule has 2 aromatic rings. The van der Waals surface area contributed by atoms with Crippen molar-refractivity contribution >= 4 is 28.9 Å². The van der Waals surface area contributed by atoms with Gasteiger partial charge in [0.25, 0.3) is 11.6 Å². The maximum atomic E-state index is 12.1. The highest BCUT2D eigenvalue weighted by Gasteiger charge is 2.15. The summed E-state index contributed by atoms with van der Waals surface area (Å²) < 4.78 is 0. The zero-order valence-electron chi connectivity index (χ0n) is 11.2. The zero-order valence-corrected chi connectivity index (χ0v) is 11.9. The first-order valence-corrected chi connectivity index (χ1v) is 6.59. The summed E-state index contributed by atoms with van der Waals surface area (Å²) in [5.74, 6) is -0.466. The summed E-state index contributed by atoms with van der Waals surface area (Å²) in [4.78, 5) is 26.4. The van der Waals surface area contributed by atoms with E-state index in [4.69, 9.17) is 11.6 Å². The van der Waals surface area contributed by atoms with E-state index in [1.165, 1.54) is 24.5 Å². The van der Waals surface area contributed by atoms with Crippen LogP contribution in [0.1, 0.15) is 22.8 Å². The van der Waals surface area contributed by atoms with Crippen LogP contribution in [-0.2, 0) is 6.42 Å². The van der Waals surface area contributed by atoms with E-state index < -0.39 is 10.8 Å². The van der Waals surface area contributed by atoms with Crippen LogP contribution in [0.5, 0.6) is 0 Å². The number of amides is 1. The third-order valence-electron chi connectivity index (χ3n) is 2.93.